The smallest absolute Gasteiger partial charge is 0.253 e. The Morgan fingerprint density at radius 1 is 1.43 bits per heavy atom. The second-order valence-electron chi connectivity index (χ2n) is 3.31. The van der Waals surface area contributed by atoms with Crippen LogP contribution >= 0.6 is 11.6 Å². The maximum Gasteiger partial charge on any atom is 0.253 e. The van der Waals surface area contributed by atoms with Gasteiger partial charge in [0.2, 0.25) is 0 Å². The summed E-state index contributed by atoms with van der Waals surface area (Å²) in [5.74, 6) is 0. The Kier molecular flexibility index (Phi) is 4.60. The van der Waals surface area contributed by atoms with Crippen LogP contribution in [0.5, 0.6) is 0 Å². The molecule has 0 atom stereocenters. The van der Waals surface area contributed by atoms with Crippen LogP contribution in [0.4, 0.5) is 0 Å². The number of aryl methyl sites for hydroxylation is 1. The van der Waals surface area contributed by atoms with Gasteiger partial charge in [-0.25, -0.2) is 0 Å². The van der Waals surface area contributed by atoms with Crippen molar-refractivity contribution in [3.63, 3.8) is 0 Å². The van der Waals surface area contributed by atoms with E-state index in [4.69, 9.17) is 11.6 Å². The molecule has 76 valence electrons. The first kappa shape index (κ1) is 11.2. The molecule has 1 aromatic heterocycles. The number of hydrogen-bond donors (Lipinski definition) is 0. The number of halogens is 1. The quantitative estimate of drug-likeness (QED) is 0.553. The summed E-state index contributed by atoms with van der Waals surface area (Å²) in [4.78, 5) is 14.8. The Morgan fingerprint density at radius 2 is 2.21 bits per heavy atom. The average molecular weight is 212 g/mol. The van der Waals surface area contributed by atoms with E-state index < -0.39 is 5.24 Å². The van der Waals surface area contributed by atoms with Crippen LogP contribution in [-0.2, 0) is 6.42 Å². The summed E-state index contributed by atoms with van der Waals surface area (Å²) in [6.45, 7) is 2.16. The van der Waals surface area contributed by atoms with Crippen molar-refractivity contribution in [3.05, 3.63) is 29.6 Å². The van der Waals surface area contributed by atoms with Gasteiger partial charge in [0.25, 0.3) is 5.24 Å². The Balaban J connectivity index is 2.59. The number of carbonyl (C=O) groups is 1. The predicted octanol–water partition coefficient (Wildman–Crippen LogP) is 3.19. The third-order valence-corrected chi connectivity index (χ3v) is 2.31. The normalized spacial score (nSPS) is 10.1. The minimum absolute atomic E-state index is 0.435. The van der Waals surface area contributed by atoms with Crippen LogP contribution in [0.2, 0.25) is 0 Å². The molecule has 0 amide bonds. The van der Waals surface area contributed by atoms with E-state index in [-0.39, 0.29) is 0 Å². The lowest BCUT2D eigenvalue weighted by Crippen LogP contribution is -1.94. The summed E-state index contributed by atoms with van der Waals surface area (Å²) >= 11 is 5.36. The minimum atomic E-state index is -0.435. The van der Waals surface area contributed by atoms with Gasteiger partial charge in [-0.2, -0.15) is 0 Å². The zero-order valence-electron chi connectivity index (χ0n) is 8.29. The lowest BCUT2D eigenvalue weighted by Gasteiger charge is -2.00. The van der Waals surface area contributed by atoms with Gasteiger partial charge < -0.3 is 0 Å². The molecule has 14 heavy (non-hydrogen) atoms. The van der Waals surface area contributed by atoms with Gasteiger partial charge >= 0.3 is 0 Å². The lowest BCUT2D eigenvalue weighted by atomic mass is 10.1. The minimum Gasteiger partial charge on any atom is -0.276 e. The number of aromatic nitrogens is 1. The topological polar surface area (TPSA) is 30.0 Å². The molecular weight excluding hydrogens is 198 g/mol. The highest BCUT2D eigenvalue weighted by molar-refractivity contribution is 6.67. The van der Waals surface area contributed by atoms with Gasteiger partial charge in [-0.05, 0) is 36.1 Å². The van der Waals surface area contributed by atoms with Crippen molar-refractivity contribution in [2.75, 3.05) is 0 Å². The van der Waals surface area contributed by atoms with E-state index in [0.717, 1.165) is 18.4 Å². The maximum atomic E-state index is 10.9. The number of unbranched alkanes of at least 4 members (excludes halogenated alkanes) is 2. The van der Waals surface area contributed by atoms with Gasteiger partial charge in [0.15, 0.2) is 0 Å². The number of carbonyl (C=O) groups excluding carboxylic acids is 1. The summed E-state index contributed by atoms with van der Waals surface area (Å²) in [6, 6.07) is 1.82. The molecule has 0 saturated heterocycles. The van der Waals surface area contributed by atoms with Crippen molar-refractivity contribution >= 4 is 16.8 Å². The first-order valence-corrected chi connectivity index (χ1v) is 5.25. The fourth-order valence-corrected chi connectivity index (χ4v) is 1.41. The van der Waals surface area contributed by atoms with E-state index in [1.807, 2.05) is 6.07 Å². The van der Waals surface area contributed by atoms with Crippen molar-refractivity contribution < 1.29 is 4.79 Å². The van der Waals surface area contributed by atoms with Gasteiger partial charge in [-0.15, -0.1) is 0 Å². The second-order valence-corrected chi connectivity index (χ2v) is 3.66. The Hall–Kier alpha value is -0.890. The number of nitrogens with zero attached hydrogens (tertiary/aromatic N) is 1. The summed E-state index contributed by atoms with van der Waals surface area (Å²) in [5, 5.41) is -0.435. The monoisotopic (exact) mass is 211 g/mol. The van der Waals surface area contributed by atoms with Gasteiger partial charge in [0, 0.05) is 12.4 Å². The van der Waals surface area contributed by atoms with Gasteiger partial charge in [0.05, 0.1) is 5.56 Å². The van der Waals surface area contributed by atoms with E-state index in [9.17, 15) is 4.79 Å². The Labute approximate surface area is 89.3 Å². The van der Waals surface area contributed by atoms with E-state index in [1.54, 1.807) is 6.20 Å². The van der Waals surface area contributed by atoms with Crippen LogP contribution < -0.4 is 0 Å². The summed E-state index contributed by atoms with van der Waals surface area (Å²) in [5.41, 5.74) is 1.57. The van der Waals surface area contributed by atoms with Crippen LogP contribution in [0.3, 0.4) is 0 Å². The fourth-order valence-electron chi connectivity index (χ4n) is 1.31. The van der Waals surface area contributed by atoms with E-state index in [0.29, 0.717) is 5.56 Å². The highest BCUT2D eigenvalue weighted by Crippen LogP contribution is 2.09. The van der Waals surface area contributed by atoms with Crippen molar-refractivity contribution in [1.29, 1.82) is 0 Å². The Bertz CT molecular complexity index is 312. The molecule has 0 fully saturated rings. The third kappa shape index (κ3) is 3.46. The zero-order valence-corrected chi connectivity index (χ0v) is 9.05. The van der Waals surface area contributed by atoms with Crippen molar-refractivity contribution in [3.8, 4) is 0 Å². The third-order valence-electron chi connectivity index (χ3n) is 2.09. The first-order valence-electron chi connectivity index (χ1n) is 4.87. The molecule has 0 aliphatic heterocycles. The molecule has 0 spiro atoms. The highest BCUT2D eigenvalue weighted by Gasteiger charge is 2.02. The molecule has 0 radical (unpaired) electrons. The fraction of sp³-hybridized carbons (Fsp3) is 0.455. The van der Waals surface area contributed by atoms with Crippen LogP contribution in [0.25, 0.3) is 0 Å². The maximum absolute atomic E-state index is 10.9. The molecule has 1 rings (SSSR count). The zero-order chi connectivity index (χ0) is 10.4. The van der Waals surface area contributed by atoms with Crippen LogP contribution in [0.1, 0.15) is 42.1 Å². The summed E-state index contributed by atoms with van der Waals surface area (Å²) in [6.07, 6.45) is 7.80. The van der Waals surface area contributed by atoms with Gasteiger partial charge in [-0.1, -0.05) is 19.8 Å². The predicted molar refractivity (Wildman–Crippen MR) is 57.6 cm³/mol. The lowest BCUT2D eigenvalue weighted by molar-refractivity contribution is 0.108. The van der Waals surface area contributed by atoms with Crippen molar-refractivity contribution in [1.82, 2.24) is 4.98 Å². The largest absolute Gasteiger partial charge is 0.276 e. The molecule has 0 unspecified atom stereocenters. The molecule has 0 bridgehead atoms. The molecule has 0 aliphatic rings. The molecule has 0 N–H and O–H groups in total. The Morgan fingerprint density at radius 3 is 2.86 bits per heavy atom. The van der Waals surface area contributed by atoms with Crippen LogP contribution in [0, 0.1) is 0 Å². The highest BCUT2D eigenvalue weighted by atomic mass is 35.5. The molecule has 1 heterocycles. The standard InChI is InChI=1S/C11H14ClNO/c1-2-3-4-5-9-6-10(11(12)14)8-13-7-9/h6-8H,2-5H2,1H3. The SMILES string of the molecule is CCCCCc1cncc(C(=O)Cl)c1. The number of pyridine rings is 1. The molecule has 0 aromatic carbocycles. The van der Waals surface area contributed by atoms with Gasteiger partial charge in [-0.3, -0.25) is 9.78 Å². The van der Waals surface area contributed by atoms with Crippen LogP contribution in [-0.4, -0.2) is 10.2 Å². The van der Waals surface area contributed by atoms with E-state index in [1.165, 1.54) is 19.0 Å². The molecular formula is C11H14ClNO. The van der Waals surface area contributed by atoms with Gasteiger partial charge in [0.1, 0.15) is 0 Å². The molecule has 0 aliphatic carbocycles. The molecule has 0 saturated carbocycles. The second kappa shape index (κ2) is 5.76. The number of hydrogen-bond acceptors (Lipinski definition) is 2. The summed E-state index contributed by atoms with van der Waals surface area (Å²) in [7, 11) is 0. The molecule has 3 heteroatoms. The van der Waals surface area contributed by atoms with Crippen molar-refractivity contribution in [2.24, 2.45) is 0 Å². The molecule has 2 nitrogen and oxygen atoms in total. The van der Waals surface area contributed by atoms with E-state index >= 15 is 0 Å². The van der Waals surface area contributed by atoms with E-state index in [2.05, 4.69) is 11.9 Å². The van der Waals surface area contributed by atoms with Crippen LogP contribution in [0.15, 0.2) is 18.5 Å². The number of rotatable bonds is 5. The average Bonchev–Trinajstić information content (AvgIpc) is 2.19. The van der Waals surface area contributed by atoms with Crippen molar-refractivity contribution in [2.45, 2.75) is 32.6 Å². The first-order chi connectivity index (χ1) is 6.74. The molecule has 1 aromatic rings. The summed E-state index contributed by atoms with van der Waals surface area (Å²) < 4.78 is 0.